The molecule has 0 aromatic heterocycles. The molecule has 126 valence electrons. The van der Waals surface area contributed by atoms with Gasteiger partial charge in [0.1, 0.15) is 6.10 Å². The summed E-state index contributed by atoms with van der Waals surface area (Å²) in [4.78, 5) is 24.2. The number of benzene rings is 1. The number of ether oxygens (including phenoxy) is 1. The van der Waals surface area contributed by atoms with Gasteiger partial charge < -0.3 is 15.4 Å². The molecule has 5 heteroatoms. The molecule has 23 heavy (non-hydrogen) atoms. The summed E-state index contributed by atoms with van der Waals surface area (Å²) in [5.74, 6) is -0.241. The largest absolute Gasteiger partial charge is 0.368 e. The van der Waals surface area contributed by atoms with Gasteiger partial charge in [-0.2, -0.15) is 0 Å². The van der Waals surface area contributed by atoms with Gasteiger partial charge >= 0.3 is 0 Å². The molecule has 2 amide bonds. The monoisotopic (exact) mass is 318 g/mol. The van der Waals surface area contributed by atoms with Crippen molar-refractivity contribution in [2.75, 3.05) is 18.5 Å². The van der Waals surface area contributed by atoms with Gasteiger partial charge in [0.25, 0.3) is 11.8 Å². The molecule has 0 radical (unpaired) electrons. The predicted octanol–water partition coefficient (Wildman–Crippen LogP) is 3.11. The van der Waals surface area contributed by atoms with E-state index in [2.05, 4.69) is 17.6 Å². The zero-order chi connectivity index (χ0) is 16.5. The minimum atomic E-state index is -0.369. The second-order valence-corrected chi connectivity index (χ2v) is 5.89. The second kappa shape index (κ2) is 9.30. The Bertz CT molecular complexity index is 525. The molecule has 5 nitrogen and oxygen atoms in total. The third kappa shape index (κ3) is 5.67. The number of nitrogens with one attached hydrogen (secondary N) is 2. The number of amides is 2. The highest BCUT2D eigenvalue weighted by molar-refractivity contribution is 5.98. The Labute approximate surface area is 137 Å². The van der Waals surface area contributed by atoms with Gasteiger partial charge in [0.15, 0.2) is 0 Å². The summed E-state index contributed by atoms with van der Waals surface area (Å²) in [5, 5.41) is 5.74. The SMILES string of the molecule is CCCCCCNC(=O)c1cccc(NC(=O)C2CCCO2)c1. The highest BCUT2D eigenvalue weighted by atomic mass is 16.5. The molecule has 1 saturated heterocycles. The van der Waals surface area contributed by atoms with E-state index in [0.717, 1.165) is 25.7 Å². The van der Waals surface area contributed by atoms with Crippen molar-refractivity contribution in [2.45, 2.75) is 51.6 Å². The number of hydrogen-bond acceptors (Lipinski definition) is 3. The fourth-order valence-electron chi connectivity index (χ4n) is 2.60. The van der Waals surface area contributed by atoms with Crippen molar-refractivity contribution in [3.63, 3.8) is 0 Å². The maximum Gasteiger partial charge on any atom is 0.253 e. The van der Waals surface area contributed by atoms with Crippen LogP contribution in [-0.2, 0) is 9.53 Å². The van der Waals surface area contributed by atoms with E-state index < -0.39 is 0 Å². The fraction of sp³-hybridized carbons (Fsp3) is 0.556. The molecule has 2 rings (SSSR count). The lowest BCUT2D eigenvalue weighted by molar-refractivity contribution is -0.124. The average Bonchev–Trinajstić information content (AvgIpc) is 3.09. The van der Waals surface area contributed by atoms with Gasteiger partial charge in [-0.1, -0.05) is 32.3 Å². The van der Waals surface area contributed by atoms with Crippen LogP contribution >= 0.6 is 0 Å². The summed E-state index contributed by atoms with van der Waals surface area (Å²) in [7, 11) is 0. The van der Waals surface area contributed by atoms with E-state index in [4.69, 9.17) is 4.74 Å². The molecule has 1 aromatic rings. The lowest BCUT2D eigenvalue weighted by atomic mass is 10.1. The lowest BCUT2D eigenvalue weighted by Gasteiger charge is -2.11. The summed E-state index contributed by atoms with van der Waals surface area (Å²) in [6, 6.07) is 7.01. The Kier molecular flexibility index (Phi) is 7.07. The van der Waals surface area contributed by atoms with Crippen molar-refractivity contribution in [3.05, 3.63) is 29.8 Å². The van der Waals surface area contributed by atoms with Crippen molar-refractivity contribution in [1.82, 2.24) is 5.32 Å². The minimum absolute atomic E-state index is 0.102. The van der Waals surface area contributed by atoms with E-state index in [1.807, 2.05) is 0 Å². The number of carbonyl (C=O) groups excluding carboxylic acids is 2. The summed E-state index contributed by atoms with van der Waals surface area (Å²) in [6.07, 6.45) is 5.80. The second-order valence-electron chi connectivity index (χ2n) is 5.89. The van der Waals surface area contributed by atoms with Crippen molar-refractivity contribution in [1.29, 1.82) is 0 Å². The molecule has 1 atom stereocenters. The van der Waals surface area contributed by atoms with Crippen molar-refractivity contribution in [2.24, 2.45) is 0 Å². The first-order valence-electron chi connectivity index (χ1n) is 8.51. The van der Waals surface area contributed by atoms with Gasteiger partial charge in [-0.3, -0.25) is 9.59 Å². The molecule has 1 aliphatic heterocycles. The Balaban J connectivity index is 1.83. The normalized spacial score (nSPS) is 17.0. The highest BCUT2D eigenvalue weighted by Gasteiger charge is 2.23. The molecule has 1 heterocycles. The van der Waals surface area contributed by atoms with Crippen LogP contribution in [0, 0.1) is 0 Å². The molecular formula is C18H26N2O3. The van der Waals surface area contributed by atoms with Gasteiger partial charge in [-0.05, 0) is 37.5 Å². The van der Waals surface area contributed by atoms with Crippen LogP contribution in [-0.4, -0.2) is 31.1 Å². The topological polar surface area (TPSA) is 67.4 Å². The molecule has 2 N–H and O–H groups in total. The van der Waals surface area contributed by atoms with Gasteiger partial charge in [0, 0.05) is 24.4 Å². The third-order valence-corrected chi connectivity index (χ3v) is 3.93. The lowest BCUT2D eigenvalue weighted by Crippen LogP contribution is -2.27. The van der Waals surface area contributed by atoms with Crippen LogP contribution in [0.25, 0.3) is 0 Å². The van der Waals surface area contributed by atoms with Crippen molar-refractivity contribution < 1.29 is 14.3 Å². The first-order chi connectivity index (χ1) is 11.2. The zero-order valence-corrected chi connectivity index (χ0v) is 13.8. The maximum atomic E-state index is 12.1. The molecule has 0 saturated carbocycles. The van der Waals surface area contributed by atoms with E-state index in [-0.39, 0.29) is 17.9 Å². The van der Waals surface area contributed by atoms with Gasteiger partial charge in [-0.15, -0.1) is 0 Å². The number of rotatable bonds is 8. The van der Waals surface area contributed by atoms with Gasteiger partial charge in [0.2, 0.25) is 0 Å². The summed E-state index contributed by atoms with van der Waals surface area (Å²) >= 11 is 0. The van der Waals surface area contributed by atoms with E-state index in [1.54, 1.807) is 24.3 Å². The minimum Gasteiger partial charge on any atom is -0.368 e. The van der Waals surface area contributed by atoms with Crippen LogP contribution in [0.1, 0.15) is 55.8 Å². The van der Waals surface area contributed by atoms with Crippen LogP contribution in [0.3, 0.4) is 0 Å². The molecule has 0 spiro atoms. The van der Waals surface area contributed by atoms with Crippen LogP contribution in [0.2, 0.25) is 0 Å². The van der Waals surface area contributed by atoms with Crippen LogP contribution in [0.15, 0.2) is 24.3 Å². The molecule has 1 fully saturated rings. The highest BCUT2D eigenvalue weighted by Crippen LogP contribution is 2.16. The number of unbranched alkanes of at least 4 members (excludes halogenated alkanes) is 3. The van der Waals surface area contributed by atoms with E-state index in [1.165, 1.54) is 12.8 Å². The Morgan fingerprint density at radius 3 is 2.87 bits per heavy atom. The van der Waals surface area contributed by atoms with E-state index in [9.17, 15) is 9.59 Å². The van der Waals surface area contributed by atoms with Crippen LogP contribution in [0.4, 0.5) is 5.69 Å². The Hall–Kier alpha value is -1.88. The molecule has 1 aromatic carbocycles. The summed E-state index contributed by atoms with van der Waals surface area (Å²) in [6.45, 7) is 3.49. The van der Waals surface area contributed by atoms with Crippen molar-refractivity contribution in [3.8, 4) is 0 Å². The van der Waals surface area contributed by atoms with E-state index >= 15 is 0 Å². The summed E-state index contributed by atoms with van der Waals surface area (Å²) in [5.41, 5.74) is 1.19. The first kappa shape index (κ1) is 17.5. The van der Waals surface area contributed by atoms with Crippen molar-refractivity contribution >= 4 is 17.5 Å². The number of carbonyl (C=O) groups is 2. The first-order valence-corrected chi connectivity index (χ1v) is 8.51. The molecule has 0 aliphatic carbocycles. The average molecular weight is 318 g/mol. The third-order valence-electron chi connectivity index (χ3n) is 3.93. The molecular weight excluding hydrogens is 292 g/mol. The van der Waals surface area contributed by atoms with Gasteiger partial charge in [0.05, 0.1) is 0 Å². The number of anilines is 1. The van der Waals surface area contributed by atoms with Crippen LogP contribution < -0.4 is 10.6 Å². The molecule has 1 aliphatic rings. The van der Waals surface area contributed by atoms with Crippen LogP contribution in [0.5, 0.6) is 0 Å². The Morgan fingerprint density at radius 1 is 1.26 bits per heavy atom. The van der Waals surface area contributed by atoms with E-state index in [0.29, 0.717) is 24.4 Å². The quantitative estimate of drug-likeness (QED) is 0.724. The number of hydrogen-bond donors (Lipinski definition) is 2. The summed E-state index contributed by atoms with van der Waals surface area (Å²) < 4.78 is 5.36. The maximum absolute atomic E-state index is 12.1. The zero-order valence-electron chi connectivity index (χ0n) is 13.8. The Morgan fingerprint density at radius 2 is 2.13 bits per heavy atom. The smallest absolute Gasteiger partial charge is 0.253 e. The molecule has 0 bridgehead atoms. The standard InChI is InChI=1S/C18H26N2O3/c1-2-3-4-5-11-19-17(21)14-8-6-9-15(13-14)20-18(22)16-10-7-12-23-16/h6,8-9,13,16H,2-5,7,10-12H2,1H3,(H,19,21)(H,20,22). The molecule has 1 unspecified atom stereocenters. The predicted molar refractivity (Wildman–Crippen MR) is 90.5 cm³/mol. The fourth-order valence-corrected chi connectivity index (χ4v) is 2.60. The van der Waals surface area contributed by atoms with Gasteiger partial charge in [-0.25, -0.2) is 0 Å².